The number of methoxy groups -OCH3 is 1. The first kappa shape index (κ1) is 17.9. The van der Waals surface area contributed by atoms with Crippen molar-refractivity contribution >= 4 is 6.03 Å². The van der Waals surface area contributed by atoms with Crippen LogP contribution in [0.3, 0.4) is 0 Å². The van der Waals surface area contributed by atoms with E-state index in [-0.39, 0.29) is 6.03 Å². The Morgan fingerprint density at radius 1 is 1.16 bits per heavy atom. The van der Waals surface area contributed by atoms with Gasteiger partial charge in [0.2, 0.25) is 0 Å². The van der Waals surface area contributed by atoms with Crippen LogP contribution in [0.4, 0.5) is 4.79 Å². The normalized spacial score (nSPS) is 20.7. The quantitative estimate of drug-likeness (QED) is 0.769. The Morgan fingerprint density at radius 3 is 2.68 bits per heavy atom. The van der Waals surface area contributed by atoms with E-state index in [1.54, 1.807) is 7.11 Å². The molecule has 3 rings (SSSR count). The maximum Gasteiger partial charge on any atom is 0.317 e. The van der Waals surface area contributed by atoms with Crippen molar-refractivity contribution in [3.63, 3.8) is 0 Å². The number of nitrogens with zero attached hydrogens (tertiary/aromatic N) is 2. The maximum absolute atomic E-state index is 12.5. The maximum atomic E-state index is 12.5. The first-order valence-corrected chi connectivity index (χ1v) is 9.30. The fraction of sp³-hybridized carbons (Fsp3) is 0.632. The van der Waals surface area contributed by atoms with Crippen molar-refractivity contribution in [3.05, 3.63) is 24.3 Å². The summed E-state index contributed by atoms with van der Waals surface area (Å²) >= 11 is 0. The van der Waals surface area contributed by atoms with E-state index >= 15 is 0 Å². The number of amides is 2. The number of hydrogen-bond donors (Lipinski definition) is 1. The zero-order chi connectivity index (χ0) is 17.5. The molecular formula is C19H29N3O3. The van der Waals surface area contributed by atoms with Crippen LogP contribution in [0.25, 0.3) is 0 Å². The molecule has 0 radical (unpaired) electrons. The predicted octanol–water partition coefficient (Wildman–Crippen LogP) is 2.34. The van der Waals surface area contributed by atoms with Crippen molar-refractivity contribution in [1.82, 2.24) is 15.1 Å². The Balaban J connectivity index is 1.40. The number of ether oxygens (including phenoxy) is 2. The van der Waals surface area contributed by atoms with Crippen LogP contribution in [0.15, 0.2) is 24.3 Å². The second-order valence-corrected chi connectivity index (χ2v) is 6.73. The summed E-state index contributed by atoms with van der Waals surface area (Å²) in [6.45, 7) is 5.15. The number of rotatable bonds is 7. The molecule has 0 aromatic heterocycles. The highest BCUT2D eigenvalue weighted by Gasteiger charge is 2.30. The summed E-state index contributed by atoms with van der Waals surface area (Å²) in [6.07, 6.45) is 4.80. The number of benzene rings is 1. The summed E-state index contributed by atoms with van der Waals surface area (Å²) < 4.78 is 11.0. The molecule has 1 atom stereocenters. The molecular weight excluding hydrogens is 318 g/mol. The highest BCUT2D eigenvalue weighted by Crippen LogP contribution is 2.25. The van der Waals surface area contributed by atoms with Crippen molar-refractivity contribution in [1.29, 1.82) is 0 Å². The monoisotopic (exact) mass is 347 g/mol. The summed E-state index contributed by atoms with van der Waals surface area (Å²) in [6, 6.07) is 7.93. The summed E-state index contributed by atoms with van der Waals surface area (Å²) in [5, 5.41) is 2.99. The lowest BCUT2D eigenvalue weighted by molar-refractivity contribution is 0.172. The van der Waals surface area contributed by atoms with Gasteiger partial charge in [0.1, 0.15) is 6.61 Å². The second kappa shape index (κ2) is 8.94. The number of carbonyl (C=O) groups is 1. The van der Waals surface area contributed by atoms with Gasteiger partial charge >= 0.3 is 6.03 Å². The molecule has 2 aliphatic rings. The third kappa shape index (κ3) is 4.78. The average Bonchev–Trinajstić information content (AvgIpc) is 3.31. The Bertz CT molecular complexity index is 561. The number of para-hydroxylation sites is 2. The molecule has 1 aromatic carbocycles. The van der Waals surface area contributed by atoms with Gasteiger partial charge < -0.3 is 24.6 Å². The van der Waals surface area contributed by atoms with Crippen LogP contribution < -0.4 is 14.8 Å². The first-order valence-electron chi connectivity index (χ1n) is 9.30. The van der Waals surface area contributed by atoms with Crippen LogP contribution in [-0.4, -0.2) is 68.3 Å². The number of urea groups is 1. The van der Waals surface area contributed by atoms with E-state index in [1.807, 2.05) is 29.2 Å². The zero-order valence-corrected chi connectivity index (χ0v) is 15.1. The molecule has 138 valence electrons. The molecule has 0 aliphatic carbocycles. The lowest BCUT2D eigenvalue weighted by Gasteiger charge is -2.28. The fourth-order valence-corrected chi connectivity index (χ4v) is 3.71. The van der Waals surface area contributed by atoms with Crippen molar-refractivity contribution < 1.29 is 14.3 Å². The second-order valence-electron chi connectivity index (χ2n) is 6.73. The molecule has 0 bridgehead atoms. The minimum absolute atomic E-state index is 0.0327. The minimum Gasteiger partial charge on any atom is -0.493 e. The Labute approximate surface area is 150 Å². The van der Waals surface area contributed by atoms with Gasteiger partial charge in [0.05, 0.1) is 13.7 Å². The summed E-state index contributed by atoms with van der Waals surface area (Å²) in [5.74, 6) is 1.41. The molecule has 1 unspecified atom stereocenters. The van der Waals surface area contributed by atoms with E-state index < -0.39 is 0 Å². The average molecular weight is 347 g/mol. The molecule has 6 nitrogen and oxygen atoms in total. The van der Waals surface area contributed by atoms with E-state index in [0.717, 1.165) is 25.9 Å². The summed E-state index contributed by atoms with van der Waals surface area (Å²) in [5.41, 5.74) is 0. The van der Waals surface area contributed by atoms with Gasteiger partial charge in [0, 0.05) is 19.1 Å². The number of hydrogen-bond acceptors (Lipinski definition) is 4. The van der Waals surface area contributed by atoms with E-state index in [1.165, 1.54) is 25.9 Å². The topological polar surface area (TPSA) is 54.0 Å². The summed E-state index contributed by atoms with van der Waals surface area (Å²) in [4.78, 5) is 17.0. The highest BCUT2D eigenvalue weighted by molar-refractivity contribution is 5.74. The molecule has 6 heteroatoms. The van der Waals surface area contributed by atoms with Gasteiger partial charge in [-0.25, -0.2) is 4.79 Å². The lowest BCUT2D eigenvalue weighted by atomic mass is 10.2. The van der Waals surface area contributed by atoms with Crippen LogP contribution in [0.1, 0.15) is 25.7 Å². The first-order chi connectivity index (χ1) is 12.3. The predicted molar refractivity (Wildman–Crippen MR) is 97.3 cm³/mol. The zero-order valence-electron chi connectivity index (χ0n) is 15.1. The molecule has 0 spiro atoms. The number of carbonyl (C=O) groups excluding carboxylic acids is 1. The van der Waals surface area contributed by atoms with Crippen molar-refractivity contribution in [3.8, 4) is 11.5 Å². The van der Waals surface area contributed by atoms with Crippen molar-refractivity contribution in [2.45, 2.75) is 31.7 Å². The van der Waals surface area contributed by atoms with Crippen LogP contribution in [0.2, 0.25) is 0 Å². The largest absolute Gasteiger partial charge is 0.493 e. The molecule has 2 heterocycles. The van der Waals surface area contributed by atoms with Gasteiger partial charge in [-0.3, -0.25) is 0 Å². The SMILES string of the molecule is COc1ccccc1OCCNC(=O)N1CCCC1CN1CCCC1. The van der Waals surface area contributed by atoms with Gasteiger partial charge in [-0.15, -0.1) is 0 Å². The van der Waals surface area contributed by atoms with Gasteiger partial charge in [0.25, 0.3) is 0 Å². The Hall–Kier alpha value is -1.95. The number of nitrogens with one attached hydrogen (secondary N) is 1. The molecule has 2 saturated heterocycles. The summed E-state index contributed by atoms with van der Waals surface area (Å²) in [7, 11) is 1.62. The molecule has 25 heavy (non-hydrogen) atoms. The van der Waals surface area contributed by atoms with Crippen molar-refractivity contribution in [2.75, 3.05) is 46.4 Å². The van der Waals surface area contributed by atoms with Crippen LogP contribution in [-0.2, 0) is 0 Å². The van der Waals surface area contributed by atoms with Gasteiger partial charge in [-0.1, -0.05) is 12.1 Å². The van der Waals surface area contributed by atoms with Gasteiger partial charge in [-0.2, -0.15) is 0 Å². The number of likely N-dealkylation sites (tertiary alicyclic amines) is 2. The van der Waals surface area contributed by atoms with Crippen LogP contribution in [0, 0.1) is 0 Å². The third-order valence-corrected chi connectivity index (χ3v) is 5.01. The molecule has 1 N–H and O–H groups in total. The van der Waals surface area contributed by atoms with E-state index in [0.29, 0.717) is 30.7 Å². The lowest BCUT2D eigenvalue weighted by Crippen LogP contribution is -2.47. The van der Waals surface area contributed by atoms with Gasteiger partial charge in [0.15, 0.2) is 11.5 Å². The van der Waals surface area contributed by atoms with Crippen molar-refractivity contribution in [2.24, 2.45) is 0 Å². The molecule has 2 amide bonds. The molecule has 0 saturated carbocycles. The highest BCUT2D eigenvalue weighted by atomic mass is 16.5. The van der Waals surface area contributed by atoms with E-state index in [2.05, 4.69) is 10.2 Å². The van der Waals surface area contributed by atoms with E-state index in [4.69, 9.17) is 9.47 Å². The Morgan fingerprint density at radius 2 is 1.92 bits per heavy atom. The fourth-order valence-electron chi connectivity index (χ4n) is 3.71. The third-order valence-electron chi connectivity index (χ3n) is 5.01. The Kier molecular flexibility index (Phi) is 6.39. The standard InChI is InChI=1S/C19H29N3O3/c1-24-17-8-2-3-9-18(17)25-14-10-20-19(23)22-13-6-7-16(22)15-21-11-4-5-12-21/h2-3,8-9,16H,4-7,10-15H2,1H3,(H,20,23). The molecule has 1 aromatic rings. The van der Waals surface area contributed by atoms with Crippen LogP contribution >= 0.6 is 0 Å². The van der Waals surface area contributed by atoms with E-state index in [9.17, 15) is 4.79 Å². The van der Waals surface area contributed by atoms with Crippen LogP contribution in [0.5, 0.6) is 11.5 Å². The minimum atomic E-state index is 0.0327. The molecule has 2 fully saturated rings. The molecule has 2 aliphatic heterocycles. The van der Waals surface area contributed by atoms with Gasteiger partial charge in [-0.05, 0) is 50.9 Å². The smallest absolute Gasteiger partial charge is 0.317 e.